The van der Waals surface area contributed by atoms with Gasteiger partial charge in [-0.2, -0.15) is 5.48 Å². The van der Waals surface area contributed by atoms with Crippen LogP contribution in [-0.2, 0) is 20.8 Å². The topological polar surface area (TPSA) is 88.5 Å². The van der Waals surface area contributed by atoms with E-state index in [-0.39, 0.29) is 12.2 Å². The number of para-hydroxylation sites is 1. The van der Waals surface area contributed by atoms with Gasteiger partial charge >= 0.3 is 5.97 Å². The van der Waals surface area contributed by atoms with E-state index in [1.807, 2.05) is 5.48 Å². The normalized spacial score (nSPS) is 10.2. The van der Waals surface area contributed by atoms with Gasteiger partial charge in [0, 0.05) is 24.1 Å². The zero-order valence-corrected chi connectivity index (χ0v) is 10.2. The molecule has 0 radical (unpaired) electrons. The van der Waals surface area contributed by atoms with E-state index in [1.54, 1.807) is 24.3 Å². The van der Waals surface area contributed by atoms with Crippen LogP contribution in [0.3, 0.4) is 0 Å². The van der Waals surface area contributed by atoms with Crippen LogP contribution in [0, 0.1) is 0 Å². The number of fused-ring (bicyclic) bond motifs is 1. The minimum atomic E-state index is -0.678. The molecule has 0 bridgehead atoms. The maximum Gasteiger partial charge on any atom is 0.336 e. The number of carbonyl (C=O) groups is 2. The summed E-state index contributed by atoms with van der Waals surface area (Å²) in [5.41, 5.74) is 2.91. The maximum atomic E-state index is 11.4. The largest absolute Gasteiger partial charge is 0.507 e. The van der Waals surface area contributed by atoms with Gasteiger partial charge in [-0.3, -0.25) is 9.78 Å². The minimum Gasteiger partial charge on any atom is -0.507 e. The summed E-state index contributed by atoms with van der Waals surface area (Å²) < 4.78 is 0. The molecule has 0 aliphatic carbocycles. The average Bonchev–Trinajstić information content (AvgIpc) is 2.40. The smallest absolute Gasteiger partial charge is 0.336 e. The van der Waals surface area contributed by atoms with Crippen LogP contribution in [0.15, 0.2) is 30.5 Å². The number of benzene rings is 1. The lowest BCUT2D eigenvalue weighted by Gasteiger charge is -2.07. The van der Waals surface area contributed by atoms with E-state index in [0.717, 1.165) is 0 Å². The van der Waals surface area contributed by atoms with Gasteiger partial charge in [-0.25, -0.2) is 4.79 Å². The van der Waals surface area contributed by atoms with E-state index in [2.05, 4.69) is 9.82 Å². The number of nitrogens with one attached hydrogen (secondary N) is 1. The third-order valence-electron chi connectivity index (χ3n) is 2.47. The molecule has 1 heterocycles. The van der Waals surface area contributed by atoms with Crippen LogP contribution < -0.4 is 5.48 Å². The molecule has 1 aromatic carbocycles. The van der Waals surface area contributed by atoms with Crippen molar-refractivity contribution in [1.29, 1.82) is 0 Å². The van der Waals surface area contributed by atoms with Crippen LogP contribution in [0.4, 0.5) is 0 Å². The van der Waals surface area contributed by atoms with Crippen molar-refractivity contribution in [2.75, 3.05) is 0 Å². The Morgan fingerprint density at radius 2 is 2.11 bits per heavy atom. The highest BCUT2D eigenvalue weighted by Gasteiger charge is 2.13. The summed E-state index contributed by atoms with van der Waals surface area (Å²) in [6.45, 7) is 1.22. The molecule has 0 atom stereocenters. The molecule has 1 aromatic heterocycles. The molecular weight excluding hydrogens is 248 g/mol. The van der Waals surface area contributed by atoms with Crippen LogP contribution in [-0.4, -0.2) is 22.0 Å². The zero-order valence-electron chi connectivity index (χ0n) is 10.2. The Bertz CT molecular complexity index is 640. The molecule has 0 saturated carbocycles. The van der Waals surface area contributed by atoms with Gasteiger partial charge in [0.2, 0.25) is 5.91 Å². The fourth-order valence-corrected chi connectivity index (χ4v) is 1.62. The third kappa shape index (κ3) is 2.98. The predicted molar refractivity (Wildman–Crippen MR) is 67.0 cm³/mol. The van der Waals surface area contributed by atoms with E-state index in [0.29, 0.717) is 16.5 Å². The standard InChI is InChI=1S/C13H12N2O4/c1-8(16)15-19-12(17)6-9-7-14-11-5-3-2-4-10(11)13(9)18/h2-5,7H,6H2,1H3,(H,14,18)(H,15,16). The Morgan fingerprint density at radius 3 is 2.84 bits per heavy atom. The van der Waals surface area contributed by atoms with Gasteiger partial charge in [-0.05, 0) is 12.1 Å². The number of hydroxylamine groups is 1. The molecule has 0 unspecified atom stereocenters. The number of pyridine rings is 1. The number of amides is 1. The first kappa shape index (κ1) is 12.8. The first-order chi connectivity index (χ1) is 9.08. The predicted octanol–water partition coefficient (Wildman–Crippen LogP) is 1.08. The molecule has 19 heavy (non-hydrogen) atoms. The van der Waals surface area contributed by atoms with E-state index in [1.165, 1.54) is 13.1 Å². The number of carbonyl (C=O) groups excluding carboxylic acids is 2. The van der Waals surface area contributed by atoms with Crippen LogP contribution in [0.2, 0.25) is 0 Å². The summed E-state index contributed by atoms with van der Waals surface area (Å²) in [5, 5.41) is 10.6. The number of aromatic nitrogens is 1. The van der Waals surface area contributed by atoms with E-state index < -0.39 is 11.9 Å². The molecule has 2 N–H and O–H groups in total. The maximum absolute atomic E-state index is 11.4. The molecule has 0 aliphatic rings. The summed E-state index contributed by atoms with van der Waals surface area (Å²) in [4.78, 5) is 30.7. The van der Waals surface area contributed by atoms with Crippen molar-refractivity contribution in [3.8, 4) is 5.75 Å². The number of hydrogen-bond donors (Lipinski definition) is 2. The van der Waals surface area contributed by atoms with Crippen molar-refractivity contribution in [3.05, 3.63) is 36.0 Å². The van der Waals surface area contributed by atoms with Crippen LogP contribution in [0.1, 0.15) is 12.5 Å². The molecular formula is C13H12N2O4. The molecule has 1 amide bonds. The molecule has 0 fully saturated rings. The average molecular weight is 260 g/mol. The molecule has 2 rings (SSSR count). The SMILES string of the molecule is CC(=O)NOC(=O)Cc1cnc2ccccc2c1O. The molecule has 98 valence electrons. The monoisotopic (exact) mass is 260 g/mol. The van der Waals surface area contributed by atoms with E-state index >= 15 is 0 Å². The zero-order chi connectivity index (χ0) is 13.8. The highest BCUT2D eigenvalue weighted by Crippen LogP contribution is 2.26. The van der Waals surface area contributed by atoms with Gasteiger partial charge in [0.05, 0.1) is 11.9 Å². The molecule has 0 aliphatic heterocycles. The van der Waals surface area contributed by atoms with Crippen LogP contribution in [0.25, 0.3) is 10.9 Å². The quantitative estimate of drug-likeness (QED) is 0.789. The first-order valence-corrected chi connectivity index (χ1v) is 5.60. The Balaban J connectivity index is 2.19. The summed E-state index contributed by atoms with van der Waals surface area (Å²) >= 11 is 0. The highest BCUT2D eigenvalue weighted by atomic mass is 16.7. The lowest BCUT2D eigenvalue weighted by molar-refractivity contribution is -0.156. The van der Waals surface area contributed by atoms with Crippen LogP contribution in [0.5, 0.6) is 5.75 Å². The molecule has 2 aromatic rings. The second-order valence-electron chi connectivity index (χ2n) is 3.96. The molecule has 0 spiro atoms. The van der Waals surface area contributed by atoms with Gasteiger partial charge in [0.15, 0.2) is 0 Å². The summed E-state index contributed by atoms with van der Waals surface area (Å²) in [7, 11) is 0. The summed E-state index contributed by atoms with van der Waals surface area (Å²) in [6, 6.07) is 7.04. The molecule has 6 heteroatoms. The van der Waals surface area contributed by atoms with Crippen molar-refractivity contribution >= 4 is 22.8 Å². The Labute approximate surface area is 109 Å². The number of hydrogen-bond acceptors (Lipinski definition) is 5. The van der Waals surface area contributed by atoms with Gasteiger partial charge in [0.25, 0.3) is 0 Å². The molecule has 6 nitrogen and oxygen atoms in total. The first-order valence-electron chi connectivity index (χ1n) is 5.60. The fourth-order valence-electron chi connectivity index (χ4n) is 1.62. The third-order valence-corrected chi connectivity index (χ3v) is 2.47. The number of nitrogens with zero attached hydrogens (tertiary/aromatic N) is 1. The Kier molecular flexibility index (Phi) is 3.61. The molecule has 0 saturated heterocycles. The minimum absolute atomic E-state index is 0.00891. The second-order valence-corrected chi connectivity index (χ2v) is 3.96. The fraction of sp³-hybridized carbons (Fsp3) is 0.154. The number of rotatable bonds is 2. The van der Waals surface area contributed by atoms with E-state index in [9.17, 15) is 14.7 Å². The van der Waals surface area contributed by atoms with Gasteiger partial charge < -0.3 is 9.94 Å². The van der Waals surface area contributed by atoms with Gasteiger partial charge in [0.1, 0.15) is 5.75 Å². The number of aromatic hydroxyl groups is 1. The van der Waals surface area contributed by atoms with Crippen molar-refractivity contribution in [2.45, 2.75) is 13.3 Å². The van der Waals surface area contributed by atoms with Crippen molar-refractivity contribution < 1.29 is 19.5 Å². The Hall–Kier alpha value is -2.63. The second kappa shape index (κ2) is 5.34. The van der Waals surface area contributed by atoms with Crippen molar-refractivity contribution in [2.24, 2.45) is 0 Å². The lowest BCUT2D eigenvalue weighted by atomic mass is 10.1. The van der Waals surface area contributed by atoms with E-state index in [4.69, 9.17) is 0 Å². The van der Waals surface area contributed by atoms with Gasteiger partial charge in [-0.15, -0.1) is 0 Å². The van der Waals surface area contributed by atoms with Crippen LogP contribution >= 0.6 is 0 Å². The Morgan fingerprint density at radius 1 is 1.37 bits per heavy atom. The van der Waals surface area contributed by atoms with Crippen molar-refractivity contribution in [3.63, 3.8) is 0 Å². The summed E-state index contributed by atoms with van der Waals surface area (Å²) in [5.74, 6) is -1.16. The lowest BCUT2D eigenvalue weighted by Crippen LogP contribution is -2.25. The highest BCUT2D eigenvalue weighted by molar-refractivity contribution is 5.87. The van der Waals surface area contributed by atoms with Crippen molar-refractivity contribution in [1.82, 2.24) is 10.5 Å². The van der Waals surface area contributed by atoms with Gasteiger partial charge in [-0.1, -0.05) is 12.1 Å². The summed E-state index contributed by atoms with van der Waals surface area (Å²) in [6.07, 6.45) is 1.23.